The van der Waals surface area contributed by atoms with Gasteiger partial charge in [0, 0.05) is 17.5 Å². The van der Waals surface area contributed by atoms with E-state index in [-0.39, 0.29) is 16.7 Å². The summed E-state index contributed by atoms with van der Waals surface area (Å²) in [6, 6.07) is 21.8. The molecule has 0 amide bonds. The summed E-state index contributed by atoms with van der Waals surface area (Å²) in [7, 11) is 0. The average molecular weight is 488 g/mol. The summed E-state index contributed by atoms with van der Waals surface area (Å²) in [5.41, 5.74) is 5.46. The Kier molecular flexibility index (Phi) is 6.81. The topological polar surface area (TPSA) is 52.9 Å². The summed E-state index contributed by atoms with van der Waals surface area (Å²) >= 11 is 1.77. The SMILES string of the molecule is CC1=C(c2cccc(O)c2)C(c2ccc(OCC(C)N3CCC(C)C3)cc2)Sc2ccc(O)cc21. The molecule has 3 atom stereocenters. The minimum absolute atomic E-state index is 0.0629. The number of phenols is 2. The molecule has 3 aromatic rings. The Bertz CT molecular complexity index is 1240. The number of likely N-dealkylation sites (tertiary alicyclic amines) is 1. The lowest BCUT2D eigenvalue weighted by atomic mass is 9.89. The van der Waals surface area contributed by atoms with Crippen molar-refractivity contribution in [2.75, 3.05) is 19.7 Å². The number of hydrogen-bond donors (Lipinski definition) is 2. The van der Waals surface area contributed by atoms with Crippen LogP contribution in [-0.2, 0) is 0 Å². The number of phenolic OH excluding ortho intramolecular Hbond substituents is 2. The van der Waals surface area contributed by atoms with Gasteiger partial charge >= 0.3 is 0 Å². The third kappa shape index (κ3) is 5.07. The number of ether oxygens (including phenoxy) is 1. The Morgan fingerprint density at radius 2 is 1.80 bits per heavy atom. The summed E-state index contributed by atoms with van der Waals surface area (Å²) in [6.07, 6.45) is 1.27. The standard InChI is InChI=1S/C30H33NO3S/c1-19-13-14-31(17-19)20(2)18-34-26-10-7-22(8-11-26)30-29(23-5-4-6-24(32)15-23)21(3)27-16-25(33)9-12-28(27)35-30/h4-12,15-16,19-20,30,32-33H,13-14,17-18H2,1-3H3. The van der Waals surface area contributed by atoms with Crippen LogP contribution < -0.4 is 4.74 Å². The van der Waals surface area contributed by atoms with Gasteiger partial charge in [-0.05, 0) is 103 Å². The monoisotopic (exact) mass is 487 g/mol. The van der Waals surface area contributed by atoms with Gasteiger partial charge < -0.3 is 14.9 Å². The molecule has 3 aromatic carbocycles. The molecule has 5 rings (SSSR count). The number of aromatic hydroxyl groups is 2. The van der Waals surface area contributed by atoms with Crippen molar-refractivity contribution in [3.8, 4) is 17.2 Å². The van der Waals surface area contributed by atoms with Crippen LogP contribution in [0.5, 0.6) is 17.2 Å². The Morgan fingerprint density at radius 3 is 2.51 bits per heavy atom. The molecule has 2 aliphatic rings. The fourth-order valence-corrected chi connectivity index (χ4v) is 6.61. The molecule has 0 saturated carbocycles. The third-order valence-electron chi connectivity index (χ3n) is 7.19. The van der Waals surface area contributed by atoms with Gasteiger partial charge in [-0.15, -0.1) is 11.8 Å². The van der Waals surface area contributed by atoms with Crippen LogP contribution in [0.4, 0.5) is 0 Å². The van der Waals surface area contributed by atoms with Crippen LogP contribution in [0, 0.1) is 5.92 Å². The van der Waals surface area contributed by atoms with Gasteiger partial charge in [-0.2, -0.15) is 0 Å². The molecular weight excluding hydrogens is 454 g/mol. The van der Waals surface area contributed by atoms with Gasteiger partial charge in [-0.1, -0.05) is 31.2 Å². The van der Waals surface area contributed by atoms with Crippen molar-refractivity contribution in [3.63, 3.8) is 0 Å². The Morgan fingerprint density at radius 1 is 1.03 bits per heavy atom. The second-order valence-electron chi connectivity index (χ2n) is 9.89. The molecule has 2 aliphatic heterocycles. The van der Waals surface area contributed by atoms with E-state index >= 15 is 0 Å². The van der Waals surface area contributed by atoms with E-state index in [0.717, 1.165) is 51.9 Å². The highest BCUT2D eigenvalue weighted by atomic mass is 32.2. The summed E-state index contributed by atoms with van der Waals surface area (Å²) in [4.78, 5) is 3.66. The number of benzene rings is 3. The van der Waals surface area contributed by atoms with Crippen LogP contribution in [0.25, 0.3) is 11.1 Å². The highest BCUT2D eigenvalue weighted by Gasteiger charge is 2.29. The molecular formula is C30H33NO3S. The van der Waals surface area contributed by atoms with E-state index in [0.29, 0.717) is 12.6 Å². The molecule has 35 heavy (non-hydrogen) atoms. The number of thioether (sulfide) groups is 1. The summed E-state index contributed by atoms with van der Waals surface area (Å²) in [6.45, 7) is 9.67. The summed E-state index contributed by atoms with van der Waals surface area (Å²) < 4.78 is 6.15. The van der Waals surface area contributed by atoms with E-state index < -0.39 is 0 Å². The van der Waals surface area contributed by atoms with Crippen molar-refractivity contribution in [2.24, 2.45) is 5.92 Å². The molecule has 5 heteroatoms. The lowest BCUT2D eigenvalue weighted by molar-refractivity contribution is 0.169. The first-order chi connectivity index (χ1) is 16.9. The molecule has 2 heterocycles. The van der Waals surface area contributed by atoms with E-state index in [9.17, 15) is 10.2 Å². The minimum Gasteiger partial charge on any atom is -0.508 e. The Hall–Kier alpha value is -2.89. The predicted molar refractivity (Wildman–Crippen MR) is 144 cm³/mol. The number of hydrogen-bond acceptors (Lipinski definition) is 5. The van der Waals surface area contributed by atoms with E-state index in [1.54, 1.807) is 23.9 Å². The van der Waals surface area contributed by atoms with E-state index in [1.165, 1.54) is 12.0 Å². The lowest BCUT2D eigenvalue weighted by Gasteiger charge is -2.30. The summed E-state index contributed by atoms with van der Waals surface area (Å²) in [5, 5.41) is 20.3. The summed E-state index contributed by atoms with van der Waals surface area (Å²) in [5.74, 6) is 2.17. The number of allylic oxidation sites excluding steroid dienone is 1. The van der Waals surface area contributed by atoms with Crippen molar-refractivity contribution in [1.82, 2.24) is 4.90 Å². The third-order valence-corrected chi connectivity index (χ3v) is 8.54. The van der Waals surface area contributed by atoms with Crippen LogP contribution in [0.2, 0.25) is 0 Å². The van der Waals surface area contributed by atoms with Crippen LogP contribution in [0.3, 0.4) is 0 Å². The average Bonchev–Trinajstić information content (AvgIpc) is 3.29. The van der Waals surface area contributed by atoms with Crippen molar-refractivity contribution >= 4 is 22.9 Å². The zero-order valence-electron chi connectivity index (χ0n) is 20.6. The maximum atomic E-state index is 10.2. The predicted octanol–water partition coefficient (Wildman–Crippen LogP) is 6.98. The first kappa shape index (κ1) is 23.8. The Balaban J connectivity index is 1.41. The molecule has 3 unspecified atom stereocenters. The molecule has 0 spiro atoms. The maximum Gasteiger partial charge on any atom is 0.119 e. The van der Waals surface area contributed by atoms with Crippen LogP contribution in [0.1, 0.15) is 49.1 Å². The van der Waals surface area contributed by atoms with Crippen molar-refractivity contribution in [1.29, 1.82) is 0 Å². The van der Waals surface area contributed by atoms with E-state index in [2.05, 4.69) is 49.9 Å². The molecule has 1 fully saturated rings. The highest BCUT2D eigenvalue weighted by Crippen LogP contribution is 2.54. The first-order valence-electron chi connectivity index (χ1n) is 12.4. The van der Waals surface area contributed by atoms with Crippen LogP contribution in [0.15, 0.2) is 71.6 Å². The number of fused-ring (bicyclic) bond motifs is 1. The van der Waals surface area contributed by atoms with Crippen LogP contribution >= 0.6 is 11.8 Å². The van der Waals surface area contributed by atoms with Gasteiger partial charge in [0.1, 0.15) is 23.9 Å². The van der Waals surface area contributed by atoms with Gasteiger partial charge in [-0.3, -0.25) is 4.90 Å². The smallest absolute Gasteiger partial charge is 0.119 e. The molecule has 0 radical (unpaired) electrons. The lowest BCUT2D eigenvalue weighted by Crippen LogP contribution is -2.35. The highest BCUT2D eigenvalue weighted by molar-refractivity contribution is 8.00. The molecule has 1 saturated heterocycles. The van der Waals surface area contributed by atoms with E-state index in [4.69, 9.17) is 4.74 Å². The fourth-order valence-electron chi connectivity index (χ4n) is 5.15. The maximum absolute atomic E-state index is 10.2. The largest absolute Gasteiger partial charge is 0.508 e. The van der Waals surface area contributed by atoms with Crippen molar-refractivity contribution in [2.45, 2.75) is 43.4 Å². The quantitative estimate of drug-likeness (QED) is 0.393. The second kappa shape index (κ2) is 10.00. The van der Waals surface area contributed by atoms with Gasteiger partial charge in [0.2, 0.25) is 0 Å². The molecule has 4 nitrogen and oxygen atoms in total. The van der Waals surface area contributed by atoms with E-state index in [1.807, 2.05) is 30.3 Å². The molecule has 0 bridgehead atoms. The van der Waals surface area contributed by atoms with Gasteiger partial charge in [0.05, 0.1) is 5.25 Å². The first-order valence-corrected chi connectivity index (χ1v) is 13.2. The minimum atomic E-state index is 0.0629. The molecule has 2 N–H and O–H groups in total. The van der Waals surface area contributed by atoms with Crippen molar-refractivity contribution < 1.29 is 14.9 Å². The Labute approximate surface area is 212 Å². The zero-order chi connectivity index (χ0) is 24.5. The number of rotatable bonds is 6. The number of nitrogens with zero attached hydrogens (tertiary/aromatic N) is 1. The molecule has 182 valence electrons. The van der Waals surface area contributed by atoms with Crippen LogP contribution in [-0.4, -0.2) is 40.9 Å². The molecule has 0 aromatic heterocycles. The normalized spacial score (nSPS) is 21.1. The fraction of sp³-hybridized carbons (Fsp3) is 0.333. The molecule has 0 aliphatic carbocycles. The van der Waals surface area contributed by atoms with Gasteiger partial charge in [-0.25, -0.2) is 0 Å². The second-order valence-corrected chi connectivity index (χ2v) is 11.0. The zero-order valence-corrected chi connectivity index (χ0v) is 21.4. The van der Waals surface area contributed by atoms with Gasteiger partial charge in [0.15, 0.2) is 0 Å². The van der Waals surface area contributed by atoms with Crippen molar-refractivity contribution in [3.05, 3.63) is 83.4 Å². The van der Waals surface area contributed by atoms with Gasteiger partial charge in [0.25, 0.3) is 0 Å².